The molecule has 2 aliphatic rings. The predicted molar refractivity (Wildman–Crippen MR) is 91.1 cm³/mol. The number of hydrogen-bond donors (Lipinski definition) is 1. The fourth-order valence-corrected chi connectivity index (χ4v) is 6.07. The van der Waals surface area contributed by atoms with Gasteiger partial charge in [-0.15, -0.1) is 0 Å². The summed E-state index contributed by atoms with van der Waals surface area (Å²) >= 11 is 0. The van der Waals surface area contributed by atoms with Gasteiger partial charge in [0.1, 0.15) is 11.0 Å². The zero-order chi connectivity index (χ0) is 18.2. The van der Waals surface area contributed by atoms with E-state index in [4.69, 9.17) is 5.14 Å². The quantitative estimate of drug-likeness (QED) is 0.782. The van der Waals surface area contributed by atoms with Crippen LogP contribution < -0.4 is 9.32 Å². The summed E-state index contributed by atoms with van der Waals surface area (Å²) in [4.78, 5) is 12.8. The third kappa shape index (κ3) is 3.88. The largest absolute Gasteiger partial charge is 0.380 e. The molecule has 25 heavy (non-hydrogen) atoms. The maximum Gasteiger partial charge on any atom is 0.380 e. The fraction of sp³-hybridized carbons (Fsp3) is 0.562. The van der Waals surface area contributed by atoms with Gasteiger partial charge in [0, 0.05) is 12.0 Å². The number of carbonyl (C=O) groups excluding carboxylic acids is 1. The van der Waals surface area contributed by atoms with Crippen LogP contribution >= 0.6 is 0 Å². The molecule has 1 saturated carbocycles. The zero-order valence-electron chi connectivity index (χ0n) is 13.7. The minimum atomic E-state index is -4.24. The van der Waals surface area contributed by atoms with Gasteiger partial charge in [0.2, 0.25) is 0 Å². The van der Waals surface area contributed by atoms with Crippen molar-refractivity contribution in [1.29, 1.82) is 0 Å². The van der Waals surface area contributed by atoms with Crippen LogP contribution in [0.3, 0.4) is 0 Å². The third-order valence-corrected chi connectivity index (χ3v) is 7.48. The van der Waals surface area contributed by atoms with Gasteiger partial charge in [-0.1, -0.05) is 31.7 Å². The van der Waals surface area contributed by atoms with Crippen LogP contribution in [0.1, 0.15) is 44.1 Å². The van der Waals surface area contributed by atoms with Gasteiger partial charge in [-0.25, -0.2) is 8.42 Å². The van der Waals surface area contributed by atoms with E-state index in [1.165, 1.54) is 12.1 Å². The molecule has 1 heterocycles. The Morgan fingerprint density at radius 3 is 2.36 bits per heavy atom. The molecule has 3 rings (SSSR count). The first-order valence-corrected chi connectivity index (χ1v) is 11.3. The van der Waals surface area contributed by atoms with Crippen molar-refractivity contribution in [3.8, 4) is 5.75 Å². The molecule has 1 atom stereocenters. The molecule has 1 aromatic rings. The Bertz CT molecular complexity index is 883. The number of sulfone groups is 1. The molecule has 9 heteroatoms. The van der Waals surface area contributed by atoms with Crippen LogP contribution in [0.25, 0.3) is 0 Å². The fourth-order valence-electron chi connectivity index (χ4n) is 3.70. The Morgan fingerprint density at radius 1 is 1.12 bits per heavy atom. The van der Waals surface area contributed by atoms with Crippen LogP contribution in [-0.4, -0.2) is 27.9 Å². The Kier molecular flexibility index (Phi) is 4.91. The minimum Gasteiger partial charge on any atom is -0.371 e. The molecule has 0 spiro atoms. The number of ketones is 1. The first-order chi connectivity index (χ1) is 11.7. The van der Waals surface area contributed by atoms with Crippen molar-refractivity contribution in [3.63, 3.8) is 0 Å². The Morgan fingerprint density at radius 2 is 1.76 bits per heavy atom. The van der Waals surface area contributed by atoms with Crippen LogP contribution in [0, 0.1) is 5.92 Å². The zero-order valence-corrected chi connectivity index (χ0v) is 15.3. The van der Waals surface area contributed by atoms with Crippen LogP contribution in [0.15, 0.2) is 23.1 Å². The summed E-state index contributed by atoms with van der Waals surface area (Å²) in [6.07, 6.45) is 5.65. The summed E-state index contributed by atoms with van der Waals surface area (Å²) in [6, 6.07) is 3.96. The maximum absolute atomic E-state index is 12.8. The van der Waals surface area contributed by atoms with Gasteiger partial charge in [0.25, 0.3) is 0 Å². The van der Waals surface area contributed by atoms with E-state index in [0.717, 1.165) is 44.6 Å². The van der Waals surface area contributed by atoms with Crippen molar-refractivity contribution in [1.82, 2.24) is 0 Å². The lowest BCUT2D eigenvalue weighted by atomic mass is 9.91. The highest BCUT2D eigenvalue weighted by Gasteiger charge is 2.44. The van der Waals surface area contributed by atoms with E-state index < -0.39 is 25.4 Å². The summed E-state index contributed by atoms with van der Waals surface area (Å²) in [6.45, 7) is 0. The van der Waals surface area contributed by atoms with Gasteiger partial charge >= 0.3 is 10.3 Å². The average Bonchev–Trinajstić information content (AvgIpc) is 2.71. The number of hydrogen-bond acceptors (Lipinski definition) is 6. The van der Waals surface area contributed by atoms with Gasteiger partial charge in [-0.05, 0) is 30.9 Å². The summed E-state index contributed by atoms with van der Waals surface area (Å²) < 4.78 is 52.2. The number of nitrogens with two attached hydrogens (primary N) is 1. The summed E-state index contributed by atoms with van der Waals surface area (Å²) in [5.74, 6) is -0.601. The summed E-state index contributed by atoms with van der Waals surface area (Å²) in [7, 11) is -8.09. The molecular weight excluding hydrogens is 366 g/mol. The van der Waals surface area contributed by atoms with E-state index in [1.54, 1.807) is 0 Å². The molecule has 1 unspecified atom stereocenters. The number of fused-ring (bicyclic) bond motifs is 1. The smallest absolute Gasteiger partial charge is 0.371 e. The number of benzene rings is 1. The Balaban J connectivity index is 1.88. The lowest BCUT2D eigenvalue weighted by Gasteiger charge is -2.17. The third-order valence-electron chi connectivity index (χ3n) is 4.91. The average molecular weight is 387 g/mol. The van der Waals surface area contributed by atoms with Crippen LogP contribution in [-0.2, 0) is 31.4 Å². The maximum atomic E-state index is 12.8. The second-order valence-electron chi connectivity index (χ2n) is 6.67. The van der Waals surface area contributed by atoms with Crippen molar-refractivity contribution in [3.05, 3.63) is 23.8 Å². The monoisotopic (exact) mass is 387 g/mol. The van der Waals surface area contributed by atoms with Gasteiger partial charge in [0.15, 0.2) is 15.6 Å². The molecule has 0 bridgehead atoms. The lowest BCUT2D eigenvalue weighted by molar-refractivity contribution is -0.122. The highest BCUT2D eigenvalue weighted by atomic mass is 32.2. The standard InChI is InChI=1S/C16H21NO6S2/c17-25(21,22)23-13-8-7-12-9-15(24(19,20)14(12)10-13)16(18)11-5-3-1-2-4-6-11/h7-8,10-11,15H,1-6,9H2,(H2,17,21,22). The van der Waals surface area contributed by atoms with Gasteiger partial charge in [-0.2, -0.15) is 13.6 Å². The van der Waals surface area contributed by atoms with Crippen molar-refractivity contribution in [2.75, 3.05) is 0 Å². The predicted octanol–water partition coefficient (Wildman–Crippen LogP) is 1.51. The molecule has 1 aliphatic heterocycles. The second-order valence-corrected chi connectivity index (χ2v) is 9.93. The van der Waals surface area contributed by atoms with E-state index in [0.29, 0.717) is 5.56 Å². The Labute approximate surface area is 147 Å². The van der Waals surface area contributed by atoms with Gasteiger partial charge in [-0.3, -0.25) is 4.79 Å². The molecule has 0 radical (unpaired) electrons. The number of Topliss-reactive ketones (excluding diaryl/α,β-unsaturated/α-hetero) is 1. The molecule has 1 aromatic carbocycles. The lowest BCUT2D eigenvalue weighted by Crippen LogP contribution is -2.33. The normalized spacial score (nSPS) is 23.6. The minimum absolute atomic E-state index is 0.0411. The van der Waals surface area contributed by atoms with Gasteiger partial charge in [0.05, 0.1) is 4.90 Å². The second kappa shape index (κ2) is 6.69. The molecule has 0 aromatic heterocycles. The first kappa shape index (κ1) is 18.3. The molecule has 7 nitrogen and oxygen atoms in total. The summed E-state index contributed by atoms with van der Waals surface area (Å²) in [5, 5.41) is 3.73. The van der Waals surface area contributed by atoms with Crippen molar-refractivity contribution in [2.45, 2.75) is 55.1 Å². The van der Waals surface area contributed by atoms with Crippen molar-refractivity contribution < 1.29 is 25.8 Å². The molecule has 0 saturated heterocycles. The van der Waals surface area contributed by atoms with Crippen molar-refractivity contribution >= 4 is 25.9 Å². The Hall–Kier alpha value is -1.45. The van der Waals surface area contributed by atoms with Crippen LogP contribution in [0.5, 0.6) is 5.75 Å². The van der Waals surface area contributed by atoms with E-state index in [9.17, 15) is 21.6 Å². The highest BCUT2D eigenvalue weighted by molar-refractivity contribution is 7.93. The molecule has 1 fully saturated rings. The summed E-state index contributed by atoms with van der Waals surface area (Å²) in [5.41, 5.74) is 0.508. The van der Waals surface area contributed by atoms with Gasteiger partial charge < -0.3 is 4.18 Å². The molecule has 138 valence electrons. The van der Waals surface area contributed by atoms with Crippen molar-refractivity contribution in [2.24, 2.45) is 11.1 Å². The van der Waals surface area contributed by atoms with E-state index in [1.807, 2.05) is 0 Å². The molecule has 1 aliphatic carbocycles. The highest BCUT2D eigenvalue weighted by Crippen LogP contribution is 2.37. The molecule has 2 N–H and O–H groups in total. The number of carbonyl (C=O) groups is 1. The number of rotatable bonds is 4. The molecule has 0 amide bonds. The van der Waals surface area contributed by atoms with E-state index in [-0.39, 0.29) is 28.8 Å². The van der Waals surface area contributed by atoms with E-state index >= 15 is 0 Å². The van der Waals surface area contributed by atoms with Crippen LogP contribution in [0.4, 0.5) is 0 Å². The molecular formula is C16H21NO6S2. The van der Waals surface area contributed by atoms with Crippen LogP contribution in [0.2, 0.25) is 0 Å². The van der Waals surface area contributed by atoms with E-state index in [2.05, 4.69) is 4.18 Å². The topological polar surface area (TPSA) is 121 Å². The SMILES string of the molecule is NS(=O)(=O)Oc1ccc2c(c1)S(=O)(=O)C(C(=O)C1CCCCCC1)C2. The first-order valence-electron chi connectivity index (χ1n) is 8.31.